The number of benzene rings is 1. The van der Waals surface area contributed by atoms with E-state index in [1.807, 2.05) is 0 Å². The highest BCUT2D eigenvalue weighted by Gasteiger charge is 2.48. The Labute approximate surface area is 141 Å². The number of rotatable bonds is 7. The van der Waals surface area contributed by atoms with Crippen molar-refractivity contribution in [3.05, 3.63) is 29.8 Å². The molecule has 6 nitrogen and oxygen atoms in total. The number of hydrogen-bond donors (Lipinski definition) is 2. The summed E-state index contributed by atoms with van der Waals surface area (Å²) in [6, 6.07) is 5.60. The quantitative estimate of drug-likeness (QED) is 0.778. The van der Waals surface area contributed by atoms with Gasteiger partial charge in [-0.15, -0.1) is 13.2 Å². The lowest BCUT2D eigenvalue weighted by Crippen LogP contribution is -2.55. The molecule has 1 saturated carbocycles. The lowest BCUT2D eigenvalue weighted by atomic mass is 10.0. The van der Waals surface area contributed by atoms with Crippen LogP contribution in [0.15, 0.2) is 24.3 Å². The molecular formula is C16H18F3NO5. The molecule has 1 aliphatic rings. The van der Waals surface area contributed by atoms with Crippen molar-refractivity contribution in [1.82, 2.24) is 5.32 Å². The molecule has 0 bridgehead atoms. The van der Waals surface area contributed by atoms with Crippen LogP contribution in [0.2, 0.25) is 0 Å². The van der Waals surface area contributed by atoms with Crippen LogP contribution >= 0.6 is 0 Å². The number of amides is 1. The summed E-state index contributed by atoms with van der Waals surface area (Å²) in [7, 11) is 1.30. The molecule has 25 heavy (non-hydrogen) atoms. The Morgan fingerprint density at radius 3 is 2.52 bits per heavy atom. The molecule has 0 spiro atoms. The van der Waals surface area contributed by atoms with E-state index in [0.717, 1.165) is 0 Å². The Bertz CT molecular complexity index is 663. The Morgan fingerprint density at radius 1 is 1.32 bits per heavy atom. The number of halogens is 3. The lowest BCUT2D eigenvalue weighted by molar-refractivity contribution is -0.274. The SMILES string of the molecule is COCC(C)(NC(=O)C1CC1c1ccccc1OC(F)(F)F)C(=O)O. The minimum Gasteiger partial charge on any atom is -0.479 e. The number of alkyl halides is 3. The average Bonchev–Trinajstić information content (AvgIpc) is 3.26. The van der Waals surface area contributed by atoms with Crippen molar-refractivity contribution in [3.63, 3.8) is 0 Å². The third-order valence-electron chi connectivity index (χ3n) is 3.98. The summed E-state index contributed by atoms with van der Waals surface area (Å²) in [5.74, 6) is -3.24. The summed E-state index contributed by atoms with van der Waals surface area (Å²) in [5.41, 5.74) is -1.34. The van der Waals surface area contributed by atoms with Crippen molar-refractivity contribution in [2.24, 2.45) is 5.92 Å². The van der Waals surface area contributed by atoms with E-state index in [9.17, 15) is 27.9 Å². The first-order chi connectivity index (χ1) is 11.6. The van der Waals surface area contributed by atoms with E-state index >= 15 is 0 Å². The molecule has 3 unspecified atom stereocenters. The number of carbonyl (C=O) groups excluding carboxylic acids is 1. The topological polar surface area (TPSA) is 84.9 Å². The van der Waals surface area contributed by atoms with Gasteiger partial charge in [-0.1, -0.05) is 18.2 Å². The second kappa shape index (κ2) is 6.91. The number of carboxylic acids is 1. The molecule has 3 atom stereocenters. The van der Waals surface area contributed by atoms with E-state index in [2.05, 4.69) is 10.1 Å². The van der Waals surface area contributed by atoms with E-state index in [1.165, 1.54) is 32.2 Å². The molecule has 1 aliphatic carbocycles. The normalized spacial score (nSPS) is 22.0. The van der Waals surface area contributed by atoms with Crippen LogP contribution < -0.4 is 10.1 Å². The first-order valence-electron chi connectivity index (χ1n) is 7.46. The van der Waals surface area contributed by atoms with Gasteiger partial charge in [-0.25, -0.2) is 4.79 Å². The molecule has 0 heterocycles. The van der Waals surface area contributed by atoms with Crippen LogP contribution in [0, 0.1) is 5.92 Å². The summed E-state index contributed by atoms with van der Waals surface area (Å²) in [5, 5.41) is 11.6. The smallest absolute Gasteiger partial charge is 0.479 e. The van der Waals surface area contributed by atoms with Crippen LogP contribution in [0.3, 0.4) is 0 Å². The Balaban J connectivity index is 2.10. The number of aliphatic carboxylic acids is 1. The summed E-state index contributed by atoms with van der Waals surface area (Å²) >= 11 is 0. The van der Waals surface area contributed by atoms with Gasteiger partial charge in [0.25, 0.3) is 0 Å². The highest BCUT2D eigenvalue weighted by atomic mass is 19.4. The molecule has 1 fully saturated rings. The highest BCUT2D eigenvalue weighted by Crippen LogP contribution is 2.51. The van der Waals surface area contributed by atoms with Gasteiger partial charge in [0.1, 0.15) is 5.75 Å². The molecule has 1 amide bonds. The van der Waals surface area contributed by atoms with Crippen molar-refractivity contribution in [2.75, 3.05) is 13.7 Å². The molecule has 0 aromatic heterocycles. The third-order valence-corrected chi connectivity index (χ3v) is 3.98. The van der Waals surface area contributed by atoms with E-state index in [4.69, 9.17) is 4.74 Å². The first kappa shape index (κ1) is 19.0. The summed E-state index contributed by atoms with van der Waals surface area (Å²) < 4.78 is 46.2. The number of para-hydroxylation sites is 1. The van der Waals surface area contributed by atoms with Gasteiger partial charge in [0.2, 0.25) is 5.91 Å². The Hall–Kier alpha value is -2.29. The van der Waals surface area contributed by atoms with Gasteiger partial charge in [-0.2, -0.15) is 0 Å². The Kier molecular flexibility index (Phi) is 5.26. The highest BCUT2D eigenvalue weighted by molar-refractivity contribution is 5.90. The van der Waals surface area contributed by atoms with Crippen LogP contribution in [-0.4, -0.2) is 42.6 Å². The molecule has 0 saturated heterocycles. The maximum absolute atomic E-state index is 12.5. The predicted octanol–water partition coefficient (Wildman–Crippen LogP) is 2.29. The maximum Gasteiger partial charge on any atom is 0.573 e. The first-order valence-corrected chi connectivity index (χ1v) is 7.46. The van der Waals surface area contributed by atoms with Gasteiger partial charge in [-0.3, -0.25) is 4.79 Å². The third kappa shape index (κ3) is 4.62. The summed E-state index contributed by atoms with van der Waals surface area (Å²) in [6.45, 7) is 1.06. The van der Waals surface area contributed by atoms with E-state index < -0.39 is 35.6 Å². The number of ether oxygens (including phenoxy) is 2. The fraction of sp³-hybridized carbons (Fsp3) is 0.500. The molecular weight excluding hydrogens is 343 g/mol. The second-order valence-electron chi connectivity index (χ2n) is 6.09. The van der Waals surface area contributed by atoms with Gasteiger partial charge < -0.3 is 19.9 Å². The monoisotopic (exact) mass is 361 g/mol. The van der Waals surface area contributed by atoms with Crippen LogP contribution in [0.1, 0.15) is 24.8 Å². The van der Waals surface area contributed by atoms with Crippen molar-refractivity contribution >= 4 is 11.9 Å². The molecule has 9 heteroatoms. The standard InChI is InChI=1S/C16H18F3NO5/c1-15(8-24-2,14(22)23)20-13(21)11-7-10(11)9-5-3-4-6-12(9)25-16(17,18)19/h3-6,10-11H,7-8H2,1-2H3,(H,20,21)(H,22,23). The summed E-state index contributed by atoms with van der Waals surface area (Å²) in [4.78, 5) is 23.6. The number of hydrogen-bond acceptors (Lipinski definition) is 4. The van der Waals surface area contributed by atoms with Crippen LogP contribution in [0.25, 0.3) is 0 Å². The van der Waals surface area contributed by atoms with Crippen molar-refractivity contribution in [1.29, 1.82) is 0 Å². The fourth-order valence-corrected chi connectivity index (χ4v) is 2.64. The van der Waals surface area contributed by atoms with Crippen molar-refractivity contribution in [3.8, 4) is 5.75 Å². The zero-order valence-electron chi connectivity index (χ0n) is 13.6. The molecule has 1 aromatic rings. The van der Waals surface area contributed by atoms with Gasteiger partial charge in [-0.05, 0) is 30.9 Å². The number of methoxy groups -OCH3 is 1. The largest absolute Gasteiger partial charge is 0.573 e. The van der Waals surface area contributed by atoms with Gasteiger partial charge in [0.15, 0.2) is 5.54 Å². The Morgan fingerprint density at radius 2 is 1.96 bits per heavy atom. The summed E-state index contributed by atoms with van der Waals surface area (Å²) in [6.07, 6.45) is -4.52. The maximum atomic E-state index is 12.5. The lowest BCUT2D eigenvalue weighted by Gasteiger charge is -2.25. The minimum absolute atomic E-state index is 0.237. The zero-order valence-corrected chi connectivity index (χ0v) is 13.6. The minimum atomic E-state index is -4.83. The van der Waals surface area contributed by atoms with Crippen LogP contribution in [-0.2, 0) is 14.3 Å². The average molecular weight is 361 g/mol. The molecule has 138 valence electrons. The number of carbonyl (C=O) groups is 2. The van der Waals surface area contributed by atoms with Crippen molar-refractivity contribution < 1.29 is 37.3 Å². The zero-order chi connectivity index (χ0) is 18.8. The van der Waals surface area contributed by atoms with E-state index in [1.54, 1.807) is 6.07 Å². The van der Waals surface area contributed by atoms with E-state index in [0.29, 0.717) is 6.42 Å². The second-order valence-corrected chi connectivity index (χ2v) is 6.09. The van der Waals surface area contributed by atoms with Gasteiger partial charge in [0.05, 0.1) is 6.61 Å². The van der Waals surface area contributed by atoms with Gasteiger partial charge >= 0.3 is 12.3 Å². The van der Waals surface area contributed by atoms with E-state index in [-0.39, 0.29) is 17.9 Å². The van der Waals surface area contributed by atoms with Crippen molar-refractivity contribution in [2.45, 2.75) is 31.2 Å². The molecule has 0 radical (unpaired) electrons. The molecule has 1 aromatic carbocycles. The number of carboxylic acid groups (broad SMARTS) is 1. The molecule has 0 aliphatic heterocycles. The van der Waals surface area contributed by atoms with Crippen LogP contribution in [0.4, 0.5) is 13.2 Å². The van der Waals surface area contributed by atoms with Gasteiger partial charge in [0, 0.05) is 13.0 Å². The predicted molar refractivity (Wildman–Crippen MR) is 80.0 cm³/mol. The fourth-order valence-electron chi connectivity index (χ4n) is 2.64. The van der Waals surface area contributed by atoms with Crippen LogP contribution in [0.5, 0.6) is 5.75 Å². The number of nitrogens with one attached hydrogen (secondary N) is 1. The molecule has 2 N–H and O–H groups in total. The molecule has 2 rings (SSSR count).